The maximum atomic E-state index is 12.4. The molecular weight excluding hydrogens is 324 g/mol. The van der Waals surface area contributed by atoms with Gasteiger partial charge in [-0.2, -0.15) is 0 Å². The molecule has 1 saturated heterocycles. The highest BCUT2D eigenvalue weighted by molar-refractivity contribution is 9.09. The zero-order chi connectivity index (χ0) is 14.7. The topological polar surface area (TPSA) is 63.5 Å². The van der Waals surface area contributed by atoms with E-state index in [9.17, 15) is 14.9 Å². The summed E-state index contributed by atoms with van der Waals surface area (Å²) in [5.74, 6) is 0.354. The van der Waals surface area contributed by atoms with Gasteiger partial charge in [-0.25, -0.2) is 0 Å². The predicted octanol–water partition coefficient (Wildman–Crippen LogP) is 3.15. The number of piperidine rings is 1. The average molecular weight is 341 g/mol. The number of hydrogen-bond donors (Lipinski definition) is 0. The molecule has 1 aromatic carbocycles. The molecule has 1 aliphatic rings. The molecule has 1 fully saturated rings. The molecule has 1 amide bonds. The van der Waals surface area contributed by atoms with Crippen LogP contribution in [-0.4, -0.2) is 34.2 Å². The van der Waals surface area contributed by atoms with E-state index in [1.165, 1.54) is 6.07 Å². The summed E-state index contributed by atoms with van der Waals surface area (Å²) in [5.41, 5.74) is 0.978. The summed E-state index contributed by atoms with van der Waals surface area (Å²) in [4.78, 5) is 24.7. The van der Waals surface area contributed by atoms with E-state index >= 15 is 0 Å². The van der Waals surface area contributed by atoms with Gasteiger partial charge in [0, 0.05) is 35.6 Å². The lowest BCUT2D eigenvalue weighted by molar-refractivity contribution is -0.385. The van der Waals surface area contributed by atoms with E-state index in [1.807, 2.05) is 0 Å². The first-order chi connectivity index (χ1) is 9.52. The van der Waals surface area contributed by atoms with Crippen molar-refractivity contribution in [1.82, 2.24) is 4.90 Å². The van der Waals surface area contributed by atoms with Crippen LogP contribution in [0.4, 0.5) is 5.69 Å². The average Bonchev–Trinajstić information content (AvgIpc) is 2.46. The molecule has 0 spiro atoms. The van der Waals surface area contributed by atoms with Gasteiger partial charge in [0.05, 0.1) is 4.92 Å². The largest absolute Gasteiger partial charge is 0.338 e. The molecule has 1 aromatic rings. The van der Waals surface area contributed by atoms with E-state index in [2.05, 4.69) is 15.9 Å². The molecule has 0 aliphatic carbocycles. The summed E-state index contributed by atoms with van der Waals surface area (Å²) in [6.07, 6.45) is 2.10. The third kappa shape index (κ3) is 3.17. The lowest BCUT2D eigenvalue weighted by atomic mass is 9.99. The lowest BCUT2D eigenvalue weighted by Gasteiger charge is -2.32. The molecule has 0 saturated carbocycles. The van der Waals surface area contributed by atoms with Crippen LogP contribution in [0.25, 0.3) is 0 Å². The molecule has 0 aromatic heterocycles. The zero-order valence-corrected chi connectivity index (χ0v) is 12.9. The second-order valence-corrected chi connectivity index (χ2v) is 5.82. The van der Waals surface area contributed by atoms with E-state index in [1.54, 1.807) is 24.0 Å². The fourth-order valence-corrected chi connectivity index (χ4v) is 3.03. The van der Waals surface area contributed by atoms with Crippen molar-refractivity contribution in [1.29, 1.82) is 0 Å². The molecule has 1 heterocycles. The maximum Gasteiger partial charge on any atom is 0.273 e. The number of nitro benzene ring substituents is 1. The Balaban J connectivity index is 2.20. The number of carbonyl (C=O) groups excluding carboxylic acids is 1. The zero-order valence-electron chi connectivity index (χ0n) is 11.3. The van der Waals surface area contributed by atoms with Gasteiger partial charge in [0.1, 0.15) is 0 Å². The molecule has 1 aliphatic heterocycles. The van der Waals surface area contributed by atoms with Crippen molar-refractivity contribution < 1.29 is 9.72 Å². The summed E-state index contributed by atoms with van der Waals surface area (Å²) < 4.78 is 0. The maximum absolute atomic E-state index is 12.4. The second kappa shape index (κ2) is 6.35. The number of rotatable bonds is 3. The van der Waals surface area contributed by atoms with Crippen LogP contribution in [0.2, 0.25) is 0 Å². The van der Waals surface area contributed by atoms with Crippen LogP contribution in [-0.2, 0) is 0 Å². The highest BCUT2D eigenvalue weighted by Crippen LogP contribution is 2.23. The first kappa shape index (κ1) is 15.0. The molecule has 1 unspecified atom stereocenters. The van der Waals surface area contributed by atoms with Crippen LogP contribution < -0.4 is 0 Å². The van der Waals surface area contributed by atoms with Gasteiger partial charge in [-0.1, -0.05) is 22.0 Å². The van der Waals surface area contributed by atoms with E-state index in [-0.39, 0.29) is 11.6 Å². The molecule has 2 rings (SSSR count). The van der Waals surface area contributed by atoms with Gasteiger partial charge in [0.15, 0.2) is 0 Å². The van der Waals surface area contributed by atoms with Crippen molar-refractivity contribution in [3.63, 3.8) is 0 Å². The first-order valence-corrected chi connectivity index (χ1v) is 7.75. The number of alkyl halides is 1. The second-order valence-electron chi connectivity index (χ2n) is 5.17. The summed E-state index contributed by atoms with van der Waals surface area (Å²) in [6.45, 7) is 3.11. The molecule has 20 heavy (non-hydrogen) atoms. The highest BCUT2D eigenvalue weighted by Gasteiger charge is 2.25. The van der Waals surface area contributed by atoms with E-state index < -0.39 is 4.92 Å². The van der Waals surface area contributed by atoms with Crippen molar-refractivity contribution in [2.75, 3.05) is 18.4 Å². The van der Waals surface area contributed by atoms with Crippen molar-refractivity contribution in [2.45, 2.75) is 19.8 Å². The van der Waals surface area contributed by atoms with Gasteiger partial charge < -0.3 is 4.90 Å². The normalized spacial score (nSPS) is 18.9. The molecule has 5 nitrogen and oxygen atoms in total. The third-order valence-electron chi connectivity index (χ3n) is 3.68. The minimum absolute atomic E-state index is 0.00454. The number of nitro groups is 1. The van der Waals surface area contributed by atoms with Gasteiger partial charge in [0.2, 0.25) is 0 Å². The quantitative estimate of drug-likeness (QED) is 0.482. The van der Waals surface area contributed by atoms with Crippen LogP contribution in [0, 0.1) is 23.0 Å². The Hall–Kier alpha value is -1.43. The van der Waals surface area contributed by atoms with E-state index in [0.29, 0.717) is 23.6 Å². The van der Waals surface area contributed by atoms with Crippen molar-refractivity contribution in [2.24, 2.45) is 5.92 Å². The summed E-state index contributed by atoms with van der Waals surface area (Å²) in [6, 6.07) is 4.69. The van der Waals surface area contributed by atoms with E-state index in [4.69, 9.17) is 0 Å². The first-order valence-electron chi connectivity index (χ1n) is 6.63. The van der Waals surface area contributed by atoms with Crippen molar-refractivity contribution in [3.05, 3.63) is 39.4 Å². The van der Waals surface area contributed by atoms with Crippen LogP contribution in [0.3, 0.4) is 0 Å². The Morgan fingerprint density at radius 1 is 1.55 bits per heavy atom. The summed E-state index contributed by atoms with van der Waals surface area (Å²) in [7, 11) is 0. The predicted molar refractivity (Wildman–Crippen MR) is 80.3 cm³/mol. The van der Waals surface area contributed by atoms with Gasteiger partial charge in [0.25, 0.3) is 11.6 Å². The lowest BCUT2D eigenvalue weighted by Crippen LogP contribution is -2.40. The Morgan fingerprint density at radius 3 is 2.95 bits per heavy atom. The molecule has 6 heteroatoms. The molecule has 0 N–H and O–H groups in total. The van der Waals surface area contributed by atoms with Gasteiger partial charge >= 0.3 is 0 Å². The molecule has 0 radical (unpaired) electrons. The number of benzene rings is 1. The molecular formula is C14H17BrN2O3. The van der Waals surface area contributed by atoms with Crippen LogP contribution in [0.1, 0.15) is 28.8 Å². The number of halogens is 1. The van der Waals surface area contributed by atoms with Crippen LogP contribution >= 0.6 is 15.9 Å². The minimum Gasteiger partial charge on any atom is -0.338 e. The summed E-state index contributed by atoms with van der Waals surface area (Å²) >= 11 is 3.46. The van der Waals surface area contributed by atoms with Crippen molar-refractivity contribution >= 4 is 27.5 Å². The fraction of sp³-hybridized carbons (Fsp3) is 0.500. The Kier molecular flexibility index (Phi) is 4.75. The standard InChI is InChI=1S/C14H17BrN2O3/c1-10-4-5-12(7-13(10)17(19)20)14(18)16-6-2-3-11(8-15)9-16/h4-5,7,11H,2-3,6,8-9H2,1H3. The SMILES string of the molecule is Cc1ccc(C(=O)N2CCCC(CBr)C2)cc1[N+](=O)[O-]. The molecule has 108 valence electrons. The van der Waals surface area contributed by atoms with Gasteiger partial charge in [-0.15, -0.1) is 0 Å². The number of amides is 1. The Bertz CT molecular complexity index is 533. The van der Waals surface area contributed by atoms with Crippen molar-refractivity contribution in [3.8, 4) is 0 Å². The van der Waals surface area contributed by atoms with Gasteiger partial charge in [-0.05, 0) is 31.7 Å². The number of hydrogen-bond acceptors (Lipinski definition) is 3. The molecule has 0 bridgehead atoms. The number of carbonyl (C=O) groups is 1. The molecule has 1 atom stereocenters. The van der Waals surface area contributed by atoms with Crippen LogP contribution in [0.5, 0.6) is 0 Å². The third-order valence-corrected chi connectivity index (χ3v) is 4.59. The fourth-order valence-electron chi connectivity index (χ4n) is 2.50. The number of nitrogens with zero attached hydrogens (tertiary/aromatic N) is 2. The van der Waals surface area contributed by atoms with Gasteiger partial charge in [-0.3, -0.25) is 14.9 Å². The summed E-state index contributed by atoms with van der Waals surface area (Å²) in [5, 5.41) is 11.8. The van der Waals surface area contributed by atoms with E-state index in [0.717, 1.165) is 24.7 Å². The number of likely N-dealkylation sites (tertiary alicyclic amines) is 1. The number of aryl methyl sites for hydroxylation is 1. The Labute approximate surface area is 126 Å². The smallest absolute Gasteiger partial charge is 0.273 e. The minimum atomic E-state index is -0.441. The highest BCUT2D eigenvalue weighted by atomic mass is 79.9. The van der Waals surface area contributed by atoms with Crippen LogP contribution in [0.15, 0.2) is 18.2 Å². The Morgan fingerprint density at radius 2 is 2.30 bits per heavy atom. The monoisotopic (exact) mass is 340 g/mol.